The van der Waals surface area contributed by atoms with Crippen LogP contribution in [0.5, 0.6) is 0 Å². The first kappa shape index (κ1) is 14.7. The lowest BCUT2D eigenvalue weighted by atomic mass is 10.0. The molecule has 102 valence electrons. The molecule has 1 unspecified atom stereocenters. The SMILES string of the molecule is Cc1nn(C)c(Cl)c1CC(O)c1cc(Cl)ccc1Cl. The Kier molecular flexibility index (Phi) is 4.41. The Morgan fingerprint density at radius 3 is 2.58 bits per heavy atom. The van der Waals surface area contributed by atoms with Crippen LogP contribution in [0.4, 0.5) is 0 Å². The first-order valence-electron chi connectivity index (χ1n) is 5.71. The first-order chi connectivity index (χ1) is 8.90. The van der Waals surface area contributed by atoms with Gasteiger partial charge in [-0.15, -0.1) is 0 Å². The molecule has 0 fully saturated rings. The van der Waals surface area contributed by atoms with Gasteiger partial charge in [-0.1, -0.05) is 34.8 Å². The average Bonchev–Trinajstić information content (AvgIpc) is 2.59. The van der Waals surface area contributed by atoms with E-state index in [9.17, 15) is 5.11 Å². The molecule has 0 aliphatic heterocycles. The number of aromatic nitrogens is 2. The van der Waals surface area contributed by atoms with E-state index in [1.54, 1.807) is 29.9 Å². The third kappa shape index (κ3) is 3.06. The van der Waals surface area contributed by atoms with Crippen LogP contribution in [0.1, 0.15) is 22.9 Å². The van der Waals surface area contributed by atoms with Crippen LogP contribution >= 0.6 is 34.8 Å². The van der Waals surface area contributed by atoms with Gasteiger partial charge in [0, 0.05) is 34.6 Å². The molecule has 2 aromatic rings. The highest BCUT2D eigenvalue weighted by Gasteiger charge is 2.18. The van der Waals surface area contributed by atoms with Crippen LogP contribution in [0, 0.1) is 6.92 Å². The van der Waals surface area contributed by atoms with Crippen molar-refractivity contribution in [1.82, 2.24) is 9.78 Å². The molecular weight excluding hydrogens is 307 g/mol. The monoisotopic (exact) mass is 318 g/mol. The summed E-state index contributed by atoms with van der Waals surface area (Å²) >= 11 is 18.1. The van der Waals surface area contributed by atoms with Gasteiger partial charge in [-0.05, 0) is 25.1 Å². The maximum Gasteiger partial charge on any atom is 0.130 e. The largest absolute Gasteiger partial charge is 0.388 e. The van der Waals surface area contributed by atoms with E-state index in [1.165, 1.54) is 0 Å². The number of halogens is 3. The molecular formula is C13H13Cl3N2O. The van der Waals surface area contributed by atoms with Gasteiger partial charge in [0.1, 0.15) is 5.15 Å². The number of hydrogen-bond acceptors (Lipinski definition) is 2. The Hall–Kier alpha value is -0.740. The smallest absolute Gasteiger partial charge is 0.130 e. The molecule has 0 aliphatic rings. The summed E-state index contributed by atoms with van der Waals surface area (Å²) in [4.78, 5) is 0. The van der Waals surface area contributed by atoms with Crippen LogP contribution in [0.2, 0.25) is 15.2 Å². The molecule has 1 aromatic heterocycles. The zero-order valence-corrected chi connectivity index (χ0v) is 12.8. The summed E-state index contributed by atoms with van der Waals surface area (Å²) in [6, 6.07) is 5.01. The fourth-order valence-corrected chi connectivity index (χ4v) is 2.65. The maximum absolute atomic E-state index is 10.3. The van der Waals surface area contributed by atoms with Crippen molar-refractivity contribution in [3.05, 3.63) is 50.2 Å². The maximum atomic E-state index is 10.3. The van der Waals surface area contributed by atoms with Gasteiger partial charge in [0.05, 0.1) is 11.8 Å². The quantitative estimate of drug-likeness (QED) is 0.929. The Balaban J connectivity index is 2.30. The van der Waals surface area contributed by atoms with Gasteiger partial charge in [-0.25, -0.2) is 0 Å². The Morgan fingerprint density at radius 2 is 2.00 bits per heavy atom. The fourth-order valence-electron chi connectivity index (χ4n) is 1.98. The van der Waals surface area contributed by atoms with Crippen LogP contribution in [0.3, 0.4) is 0 Å². The summed E-state index contributed by atoms with van der Waals surface area (Å²) in [5.74, 6) is 0. The number of aliphatic hydroxyl groups excluding tert-OH is 1. The van der Waals surface area contributed by atoms with E-state index in [0.717, 1.165) is 11.3 Å². The molecule has 1 aromatic carbocycles. The molecule has 0 bridgehead atoms. The number of benzene rings is 1. The number of aliphatic hydroxyl groups is 1. The third-order valence-corrected chi connectivity index (χ3v) is 4.04. The summed E-state index contributed by atoms with van der Waals surface area (Å²) in [5, 5.41) is 16.0. The molecule has 19 heavy (non-hydrogen) atoms. The summed E-state index contributed by atoms with van der Waals surface area (Å²) in [6.07, 6.45) is -0.426. The molecule has 0 saturated heterocycles. The fraction of sp³-hybridized carbons (Fsp3) is 0.308. The van der Waals surface area contributed by atoms with Crippen molar-refractivity contribution < 1.29 is 5.11 Å². The lowest BCUT2D eigenvalue weighted by Crippen LogP contribution is -2.03. The van der Waals surface area contributed by atoms with Crippen molar-refractivity contribution in [2.75, 3.05) is 0 Å². The van der Waals surface area contributed by atoms with Gasteiger partial charge in [-0.2, -0.15) is 5.10 Å². The van der Waals surface area contributed by atoms with Gasteiger partial charge in [-0.3, -0.25) is 4.68 Å². The van der Waals surface area contributed by atoms with Gasteiger partial charge >= 0.3 is 0 Å². The minimum atomic E-state index is -0.772. The minimum Gasteiger partial charge on any atom is -0.388 e. The van der Waals surface area contributed by atoms with Crippen LogP contribution in [0.25, 0.3) is 0 Å². The van der Waals surface area contributed by atoms with E-state index < -0.39 is 6.10 Å². The second-order valence-corrected chi connectivity index (χ2v) is 5.57. The molecule has 0 spiro atoms. The molecule has 0 aliphatic carbocycles. The molecule has 1 atom stereocenters. The van der Waals surface area contributed by atoms with E-state index in [2.05, 4.69) is 5.10 Å². The summed E-state index contributed by atoms with van der Waals surface area (Å²) < 4.78 is 1.58. The molecule has 0 saturated carbocycles. The normalized spacial score (nSPS) is 12.7. The summed E-state index contributed by atoms with van der Waals surface area (Å²) in [6.45, 7) is 1.85. The van der Waals surface area contributed by atoms with Crippen molar-refractivity contribution >= 4 is 34.8 Å². The van der Waals surface area contributed by atoms with Crippen molar-refractivity contribution in [3.8, 4) is 0 Å². The zero-order chi connectivity index (χ0) is 14.2. The topological polar surface area (TPSA) is 38.0 Å². The Morgan fingerprint density at radius 1 is 1.32 bits per heavy atom. The average molecular weight is 320 g/mol. The molecule has 1 N–H and O–H groups in total. The highest BCUT2D eigenvalue weighted by molar-refractivity contribution is 6.33. The van der Waals surface area contributed by atoms with Crippen molar-refractivity contribution in [3.63, 3.8) is 0 Å². The number of nitrogens with zero attached hydrogens (tertiary/aromatic N) is 2. The standard InChI is InChI=1S/C13H13Cl3N2O/c1-7-9(13(16)18(2)17-7)6-12(19)10-5-8(14)3-4-11(10)15/h3-5,12,19H,6H2,1-2H3. The molecule has 1 heterocycles. The van der Waals surface area contributed by atoms with E-state index in [-0.39, 0.29) is 0 Å². The molecule has 0 amide bonds. The molecule has 2 rings (SSSR count). The van der Waals surface area contributed by atoms with Gasteiger partial charge in [0.2, 0.25) is 0 Å². The highest BCUT2D eigenvalue weighted by atomic mass is 35.5. The van der Waals surface area contributed by atoms with Crippen LogP contribution < -0.4 is 0 Å². The predicted octanol–water partition coefficient (Wildman–Crippen LogP) is 3.96. The second-order valence-electron chi connectivity index (χ2n) is 4.36. The van der Waals surface area contributed by atoms with Crippen LogP contribution in [-0.4, -0.2) is 14.9 Å². The third-order valence-electron chi connectivity index (χ3n) is 2.98. The highest BCUT2D eigenvalue weighted by Crippen LogP contribution is 2.31. The van der Waals surface area contributed by atoms with Gasteiger partial charge < -0.3 is 5.11 Å². The number of aryl methyl sites for hydroxylation is 2. The first-order valence-corrected chi connectivity index (χ1v) is 6.84. The van der Waals surface area contributed by atoms with Crippen molar-refractivity contribution in [2.24, 2.45) is 7.05 Å². The summed E-state index contributed by atoms with van der Waals surface area (Å²) in [5.41, 5.74) is 2.20. The minimum absolute atomic E-state index is 0.346. The Labute approximate surface area is 126 Å². The van der Waals surface area contributed by atoms with Crippen molar-refractivity contribution in [1.29, 1.82) is 0 Å². The Bertz CT molecular complexity index is 610. The number of hydrogen-bond donors (Lipinski definition) is 1. The number of rotatable bonds is 3. The van der Waals surface area contributed by atoms with Gasteiger partial charge in [0.15, 0.2) is 0 Å². The zero-order valence-electron chi connectivity index (χ0n) is 10.5. The van der Waals surface area contributed by atoms with Crippen LogP contribution in [-0.2, 0) is 13.5 Å². The summed E-state index contributed by atoms with van der Waals surface area (Å²) in [7, 11) is 1.76. The van der Waals surface area contributed by atoms with E-state index in [4.69, 9.17) is 34.8 Å². The lowest BCUT2D eigenvalue weighted by molar-refractivity contribution is 0.178. The molecule has 6 heteroatoms. The lowest BCUT2D eigenvalue weighted by Gasteiger charge is -2.13. The van der Waals surface area contributed by atoms with Gasteiger partial charge in [0.25, 0.3) is 0 Å². The molecule has 0 radical (unpaired) electrons. The van der Waals surface area contributed by atoms with E-state index in [1.807, 2.05) is 6.92 Å². The van der Waals surface area contributed by atoms with E-state index >= 15 is 0 Å². The predicted molar refractivity (Wildman–Crippen MR) is 78.1 cm³/mol. The van der Waals surface area contributed by atoms with Crippen molar-refractivity contribution in [2.45, 2.75) is 19.4 Å². The van der Waals surface area contributed by atoms with E-state index in [0.29, 0.717) is 27.2 Å². The molecule has 3 nitrogen and oxygen atoms in total. The second kappa shape index (κ2) is 5.71. The van der Waals surface area contributed by atoms with Crippen LogP contribution in [0.15, 0.2) is 18.2 Å².